The van der Waals surface area contributed by atoms with Gasteiger partial charge in [0, 0.05) is 19.2 Å². The van der Waals surface area contributed by atoms with Gasteiger partial charge < -0.3 is 9.64 Å². The van der Waals surface area contributed by atoms with Gasteiger partial charge in [0.1, 0.15) is 0 Å². The van der Waals surface area contributed by atoms with Crippen LogP contribution >= 0.6 is 0 Å². The fourth-order valence-electron chi connectivity index (χ4n) is 1.94. The minimum Gasteiger partial charge on any atom is -0.469 e. The van der Waals surface area contributed by atoms with Crippen molar-refractivity contribution < 1.29 is 22.7 Å². The van der Waals surface area contributed by atoms with Gasteiger partial charge in [0.05, 0.1) is 18.4 Å². The first-order chi connectivity index (χ1) is 11.1. The Morgan fingerprint density at radius 1 is 1.21 bits per heavy atom. The van der Waals surface area contributed by atoms with Gasteiger partial charge in [-0.3, -0.25) is 9.59 Å². The third kappa shape index (κ3) is 6.51. The number of hydrogen-bond donors (Lipinski definition) is 1. The molecule has 0 radical (unpaired) electrons. The van der Waals surface area contributed by atoms with Gasteiger partial charge >= 0.3 is 5.97 Å². The topological polar surface area (TPSA) is 107 Å². The quantitative estimate of drug-likeness (QED) is 0.585. The van der Waals surface area contributed by atoms with Crippen LogP contribution in [0.25, 0.3) is 0 Å². The zero-order valence-electron chi connectivity index (χ0n) is 14.0. The van der Waals surface area contributed by atoms with Crippen molar-refractivity contribution in [2.75, 3.05) is 13.7 Å². The van der Waals surface area contributed by atoms with E-state index in [0.29, 0.717) is 0 Å². The Hall–Kier alpha value is -2.19. The van der Waals surface area contributed by atoms with Crippen molar-refractivity contribution in [2.45, 2.75) is 31.7 Å². The summed E-state index contributed by atoms with van der Waals surface area (Å²) in [5.41, 5.74) is 1.57. The highest BCUT2D eigenvalue weighted by Gasteiger charge is 2.15. The summed E-state index contributed by atoms with van der Waals surface area (Å²) in [7, 11) is -2.47. The number of amides is 1. The number of allylic oxidation sites excluding steroid dienone is 1. The fourth-order valence-corrected chi connectivity index (χ4v) is 2.45. The van der Waals surface area contributed by atoms with E-state index in [1.165, 1.54) is 30.2 Å². The number of benzene rings is 1. The number of ether oxygens (including phenoxy) is 1. The molecular weight excluding hydrogens is 332 g/mol. The number of hydrogen-bond acceptors (Lipinski definition) is 5. The predicted molar refractivity (Wildman–Crippen MR) is 89.3 cm³/mol. The Kier molecular flexibility index (Phi) is 7.12. The first-order valence-electron chi connectivity index (χ1n) is 7.26. The van der Waals surface area contributed by atoms with E-state index in [4.69, 9.17) is 5.14 Å². The third-order valence-electron chi connectivity index (χ3n) is 3.16. The van der Waals surface area contributed by atoms with E-state index >= 15 is 0 Å². The maximum absolute atomic E-state index is 12.3. The molecule has 0 saturated carbocycles. The normalized spacial score (nSPS) is 10.8. The van der Waals surface area contributed by atoms with Crippen molar-refractivity contribution in [1.29, 1.82) is 0 Å². The summed E-state index contributed by atoms with van der Waals surface area (Å²) in [6.45, 7) is 4.05. The molecule has 24 heavy (non-hydrogen) atoms. The summed E-state index contributed by atoms with van der Waals surface area (Å²) >= 11 is 0. The molecule has 0 aliphatic rings. The van der Waals surface area contributed by atoms with Crippen LogP contribution in [0, 0.1) is 0 Å². The lowest BCUT2D eigenvalue weighted by atomic mass is 10.2. The molecule has 0 heterocycles. The second kappa shape index (κ2) is 8.60. The summed E-state index contributed by atoms with van der Waals surface area (Å²) in [6.07, 6.45) is 1.56. The summed E-state index contributed by atoms with van der Waals surface area (Å²) in [4.78, 5) is 25.1. The number of primary sulfonamides is 1. The number of carbonyl (C=O) groups is 2. The smallest absolute Gasteiger partial charge is 0.307 e. The van der Waals surface area contributed by atoms with Crippen LogP contribution in [0.15, 0.2) is 40.8 Å². The minimum absolute atomic E-state index is 0.00276. The van der Waals surface area contributed by atoms with Crippen molar-refractivity contribution in [1.82, 2.24) is 4.90 Å². The second-order valence-corrected chi connectivity index (χ2v) is 7.06. The molecule has 2 N–H and O–H groups in total. The van der Waals surface area contributed by atoms with E-state index in [1.54, 1.807) is 26.0 Å². The Bertz CT molecular complexity index is 719. The van der Waals surface area contributed by atoms with Crippen LogP contribution in [0.4, 0.5) is 0 Å². The van der Waals surface area contributed by atoms with Crippen LogP contribution in [0.2, 0.25) is 0 Å². The first-order valence-corrected chi connectivity index (χ1v) is 8.80. The van der Waals surface area contributed by atoms with E-state index in [9.17, 15) is 18.0 Å². The Balaban J connectivity index is 2.92. The highest BCUT2D eigenvalue weighted by Crippen LogP contribution is 2.12. The van der Waals surface area contributed by atoms with E-state index in [2.05, 4.69) is 4.74 Å². The van der Waals surface area contributed by atoms with Crippen molar-refractivity contribution in [3.8, 4) is 0 Å². The number of carbonyl (C=O) groups excluding carboxylic acids is 2. The molecule has 0 saturated heterocycles. The molecule has 1 amide bonds. The highest BCUT2D eigenvalue weighted by molar-refractivity contribution is 7.89. The van der Waals surface area contributed by atoms with Crippen LogP contribution < -0.4 is 5.14 Å². The summed E-state index contributed by atoms with van der Waals surface area (Å²) in [5.74, 6) is -0.635. The van der Waals surface area contributed by atoms with Gasteiger partial charge in [0.25, 0.3) is 0 Å². The van der Waals surface area contributed by atoms with Crippen molar-refractivity contribution >= 4 is 21.9 Å². The van der Waals surface area contributed by atoms with Gasteiger partial charge in [0.15, 0.2) is 0 Å². The van der Waals surface area contributed by atoms with E-state index in [1.807, 2.05) is 0 Å². The monoisotopic (exact) mass is 354 g/mol. The minimum atomic E-state index is -3.76. The number of sulfonamides is 1. The molecule has 0 atom stereocenters. The molecule has 0 aliphatic heterocycles. The molecule has 0 fully saturated rings. The maximum atomic E-state index is 12.3. The number of nitrogens with two attached hydrogens (primary N) is 1. The third-order valence-corrected chi connectivity index (χ3v) is 4.09. The van der Waals surface area contributed by atoms with Gasteiger partial charge in [-0.1, -0.05) is 17.7 Å². The Morgan fingerprint density at radius 3 is 2.25 bits per heavy atom. The van der Waals surface area contributed by atoms with E-state index < -0.39 is 16.0 Å². The molecule has 7 nitrogen and oxygen atoms in total. The number of methoxy groups -OCH3 is 1. The average Bonchev–Trinajstić information content (AvgIpc) is 2.49. The summed E-state index contributed by atoms with van der Waals surface area (Å²) < 4.78 is 27.1. The number of nitrogens with zero attached hydrogens (tertiary/aromatic N) is 1. The van der Waals surface area contributed by atoms with Crippen LogP contribution in [0.3, 0.4) is 0 Å². The molecule has 0 aromatic heterocycles. The molecule has 0 aliphatic carbocycles. The number of rotatable bonds is 7. The van der Waals surface area contributed by atoms with Crippen LogP contribution in [0.5, 0.6) is 0 Å². The molecule has 132 valence electrons. The first kappa shape index (κ1) is 19.9. The van der Waals surface area contributed by atoms with Gasteiger partial charge in [-0.15, -0.1) is 0 Å². The lowest BCUT2D eigenvalue weighted by Gasteiger charge is -2.21. The second-order valence-electron chi connectivity index (χ2n) is 5.50. The molecule has 1 rings (SSSR count). The van der Waals surface area contributed by atoms with Gasteiger partial charge in [-0.25, -0.2) is 13.6 Å². The van der Waals surface area contributed by atoms with Crippen LogP contribution in [-0.2, 0) is 30.9 Å². The van der Waals surface area contributed by atoms with Gasteiger partial charge in [0.2, 0.25) is 15.9 Å². The predicted octanol–water partition coefficient (Wildman–Crippen LogP) is 1.19. The van der Waals surface area contributed by atoms with E-state index in [0.717, 1.165) is 11.1 Å². The van der Waals surface area contributed by atoms with Gasteiger partial charge in [-0.2, -0.15) is 0 Å². The highest BCUT2D eigenvalue weighted by atomic mass is 32.2. The SMILES string of the molecule is COC(=O)CCN(Cc1ccc(S(N)(=O)=O)cc1)C(=O)C=C(C)C. The largest absolute Gasteiger partial charge is 0.469 e. The fraction of sp³-hybridized carbons (Fsp3) is 0.375. The van der Waals surface area contributed by atoms with Crippen molar-refractivity contribution in [3.05, 3.63) is 41.5 Å². The molecule has 1 aromatic rings. The molecule has 1 aromatic carbocycles. The lowest BCUT2D eigenvalue weighted by molar-refractivity contribution is -0.141. The lowest BCUT2D eigenvalue weighted by Crippen LogP contribution is -2.31. The summed E-state index contributed by atoms with van der Waals surface area (Å²) in [6, 6.07) is 5.93. The van der Waals surface area contributed by atoms with Gasteiger partial charge in [-0.05, 0) is 31.5 Å². The standard InChI is InChI=1S/C16H22N2O5S/c1-12(2)10-15(19)18(9-8-16(20)23-3)11-13-4-6-14(7-5-13)24(17,21)22/h4-7,10H,8-9,11H2,1-3H3,(H2,17,21,22). The number of esters is 1. The van der Waals surface area contributed by atoms with Crippen molar-refractivity contribution in [3.63, 3.8) is 0 Å². The van der Waals surface area contributed by atoms with E-state index in [-0.39, 0.29) is 30.3 Å². The summed E-state index contributed by atoms with van der Waals surface area (Å²) in [5, 5.41) is 5.06. The van der Waals surface area contributed by atoms with Crippen LogP contribution in [-0.4, -0.2) is 38.8 Å². The molecule has 8 heteroatoms. The van der Waals surface area contributed by atoms with Crippen molar-refractivity contribution in [2.24, 2.45) is 5.14 Å². The van der Waals surface area contributed by atoms with Crippen LogP contribution in [0.1, 0.15) is 25.8 Å². The molecule has 0 spiro atoms. The molecule has 0 bridgehead atoms. The Morgan fingerprint density at radius 2 is 1.79 bits per heavy atom. The zero-order valence-corrected chi connectivity index (χ0v) is 14.8. The zero-order chi connectivity index (χ0) is 18.3. The average molecular weight is 354 g/mol. The maximum Gasteiger partial charge on any atom is 0.307 e. The molecule has 0 unspecified atom stereocenters. The molecular formula is C16H22N2O5S. The Labute approximate surface area is 142 Å².